The molecule has 1 N–H and O–H groups in total. The van der Waals surface area contributed by atoms with Crippen molar-refractivity contribution in [2.45, 2.75) is 19.8 Å². The first-order chi connectivity index (χ1) is 7.17. The van der Waals surface area contributed by atoms with E-state index in [9.17, 15) is 4.79 Å². The van der Waals surface area contributed by atoms with Crippen LogP contribution in [0, 0.1) is 11.3 Å². The summed E-state index contributed by atoms with van der Waals surface area (Å²) in [6, 6.07) is 7.85. The molecular formula is C12H14BrNO. The van der Waals surface area contributed by atoms with E-state index in [2.05, 4.69) is 15.9 Å². The molecule has 0 heterocycles. The maximum Gasteiger partial charge on any atom is 0.141 e. The molecule has 0 amide bonds. The lowest BCUT2D eigenvalue weighted by molar-refractivity contribution is -0.120. The molecule has 0 saturated carbocycles. The number of hydrogen-bond acceptors (Lipinski definition) is 2. The van der Waals surface area contributed by atoms with E-state index in [1.54, 1.807) is 0 Å². The van der Waals surface area contributed by atoms with Crippen LogP contribution in [0.2, 0.25) is 0 Å². The standard InChI is InChI=1S/C12H14BrNO/c1-2-12(15)10(8-14)7-9-3-5-11(13)6-4-9/h3-6,8,10,14H,2,7H2,1H3. The smallest absolute Gasteiger partial charge is 0.141 e. The van der Waals surface area contributed by atoms with Crippen molar-refractivity contribution in [1.82, 2.24) is 0 Å². The minimum Gasteiger partial charge on any atom is -0.312 e. The number of carbonyl (C=O) groups is 1. The number of benzene rings is 1. The van der Waals surface area contributed by atoms with Gasteiger partial charge in [-0.05, 0) is 24.1 Å². The molecule has 3 heteroatoms. The summed E-state index contributed by atoms with van der Waals surface area (Å²) in [4.78, 5) is 11.5. The average Bonchev–Trinajstić information content (AvgIpc) is 2.27. The van der Waals surface area contributed by atoms with Crippen LogP contribution in [0.15, 0.2) is 28.7 Å². The van der Waals surface area contributed by atoms with Crippen molar-refractivity contribution in [3.8, 4) is 0 Å². The number of carbonyl (C=O) groups excluding carboxylic acids is 1. The van der Waals surface area contributed by atoms with E-state index in [-0.39, 0.29) is 11.7 Å². The van der Waals surface area contributed by atoms with Crippen LogP contribution in [-0.2, 0) is 11.2 Å². The minimum absolute atomic E-state index is 0.132. The van der Waals surface area contributed by atoms with Crippen LogP contribution in [0.1, 0.15) is 18.9 Å². The second-order valence-corrected chi connectivity index (χ2v) is 4.34. The van der Waals surface area contributed by atoms with E-state index < -0.39 is 0 Å². The molecule has 0 aromatic heterocycles. The molecular weight excluding hydrogens is 254 g/mol. The van der Waals surface area contributed by atoms with Gasteiger partial charge >= 0.3 is 0 Å². The van der Waals surface area contributed by atoms with Crippen molar-refractivity contribution in [3.63, 3.8) is 0 Å². The number of nitrogens with one attached hydrogen (secondary N) is 1. The third kappa shape index (κ3) is 3.59. The molecule has 0 saturated heterocycles. The number of ketones is 1. The molecule has 0 aliphatic carbocycles. The molecule has 1 rings (SSSR count). The van der Waals surface area contributed by atoms with Gasteiger partial charge < -0.3 is 5.41 Å². The highest BCUT2D eigenvalue weighted by Crippen LogP contribution is 2.14. The van der Waals surface area contributed by atoms with Gasteiger partial charge in [-0.1, -0.05) is 35.0 Å². The van der Waals surface area contributed by atoms with Gasteiger partial charge in [0.1, 0.15) is 5.78 Å². The van der Waals surface area contributed by atoms with Crippen LogP contribution in [-0.4, -0.2) is 12.0 Å². The summed E-state index contributed by atoms with van der Waals surface area (Å²) in [5.41, 5.74) is 1.09. The van der Waals surface area contributed by atoms with E-state index in [1.165, 1.54) is 6.21 Å². The quantitative estimate of drug-likeness (QED) is 0.818. The molecule has 80 valence electrons. The Morgan fingerprint density at radius 3 is 2.53 bits per heavy atom. The van der Waals surface area contributed by atoms with Crippen LogP contribution in [0.3, 0.4) is 0 Å². The number of halogens is 1. The van der Waals surface area contributed by atoms with E-state index in [4.69, 9.17) is 5.41 Å². The Bertz CT molecular complexity index is 345. The zero-order chi connectivity index (χ0) is 11.3. The fraction of sp³-hybridized carbons (Fsp3) is 0.333. The Hall–Kier alpha value is -0.960. The normalized spacial score (nSPS) is 12.1. The summed E-state index contributed by atoms with van der Waals surface area (Å²) >= 11 is 3.36. The highest BCUT2D eigenvalue weighted by molar-refractivity contribution is 9.10. The molecule has 0 fully saturated rings. The van der Waals surface area contributed by atoms with E-state index in [0.717, 1.165) is 10.0 Å². The highest BCUT2D eigenvalue weighted by atomic mass is 79.9. The maximum absolute atomic E-state index is 11.5. The van der Waals surface area contributed by atoms with Gasteiger partial charge in [-0.15, -0.1) is 0 Å². The van der Waals surface area contributed by atoms with Gasteiger partial charge in [-0.25, -0.2) is 0 Å². The van der Waals surface area contributed by atoms with Gasteiger partial charge in [0.05, 0.1) is 5.92 Å². The molecule has 0 radical (unpaired) electrons. The summed E-state index contributed by atoms with van der Waals surface area (Å²) in [6.07, 6.45) is 2.37. The van der Waals surface area contributed by atoms with Gasteiger partial charge in [0.15, 0.2) is 0 Å². The van der Waals surface area contributed by atoms with Gasteiger partial charge in [0, 0.05) is 17.1 Å². The van der Waals surface area contributed by atoms with Crippen molar-refractivity contribution < 1.29 is 4.79 Å². The Kier molecular flexibility index (Phi) is 4.69. The third-order valence-electron chi connectivity index (χ3n) is 2.33. The van der Waals surface area contributed by atoms with Crippen LogP contribution >= 0.6 is 15.9 Å². The zero-order valence-electron chi connectivity index (χ0n) is 8.66. The second kappa shape index (κ2) is 5.81. The van der Waals surface area contributed by atoms with E-state index >= 15 is 0 Å². The predicted molar refractivity (Wildman–Crippen MR) is 65.4 cm³/mol. The fourth-order valence-electron chi connectivity index (χ4n) is 1.40. The molecule has 0 spiro atoms. The van der Waals surface area contributed by atoms with E-state index in [1.807, 2.05) is 31.2 Å². The molecule has 15 heavy (non-hydrogen) atoms. The molecule has 0 aliphatic rings. The zero-order valence-corrected chi connectivity index (χ0v) is 10.3. The fourth-order valence-corrected chi connectivity index (χ4v) is 1.67. The van der Waals surface area contributed by atoms with Crippen LogP contribution in [0.25, 0.3) is 0 Å². The summed E-state index contributed by atoms with van der Waals surface area (Å²) in [7, 11) is 0. The van der Waals surface area contributed by atoms with Crippen molar-refractivity contribution in [2.75, 3.05) is 0 Å². The molecule has 1 unspecified atom stereocenters. The van der Waals surface area contributed by atoms with Crippen molar-refractivity contribution in [1.29, 1.82) is 5.41 Å². The molecule has 0 bridgehead atoms. The lowest BCUT2D eigenvalue weighted by Gasteiger charge is -2.09. The lowest BCUT2D eigenvalue weighted by atomic mass is 9.95. The predicted octanol–water partition coefficient (Wildman–Crippen LogP) is 3.24. The Morgan fingerprint density at radius 2 is 2.07 bits per heavy atom. The number of Topliss-reactive ketones (excluding diaryl/α,β-unsaturated/α-hetero) is 1. The first kappa shape index (κ1) is 12.1. The monoisotopic (exact) mass is 267 g/mol. The largest absolute Gasteiger partial charge is 0.312 e. The first-order valence-corrected chi connectivity index (χ1v) is 5.74. The van der Waals surface area contributed by atoms with Gasteiger partial charge in [0.2, 0.25) is 0 Å². The summed E-state index contributed by atoms with van der Waals surface area (Å²) in [5.74, 6) is -0.135. The van der Waals surface area contributed by atoms with E-state index in [0.29, 0.717) is 12.8 Å². The Labute approximate surface area is 98.3 Å². The third-order valence-corrected chi connectivity index (χ3v) is 2.86. The van der Waals surface area contributed by atoms with Gasteiger partial charge in [0.25, 0.3) is 0 Å². The maximum atomic E-state index is 11.5. The summed E-state index contributed by atoms with van der Waals surface area (Å²) in [6.45, 7) is 1.83. The molecule has 1 aromatic rings. The highest BCUT2D eigenvalue weighted by Gasteiger charge is 2.13. The SMILES string of the molecule is CCC(=O)C(C=N)Cc1ccc(Br)cc1. The average molecular weight is 268 g/mol. The Morgan fingerprint density at radius 1 is 1.47 bits per heavy atom. The van der Waals surface area contributed by atoms with Crippen LogP contribution < -0.4 is 0 Å². The summed E-state index contributed by atoms with van der Waals surface area (Å²) < 4.78 is 1.03. The van der Waals surface area contributed by atoms with Crippen molar-refractivity contribution in [3.05, 3.63) is 34.3 Å². The molecule has 1 aromatic carbocycles. The van der Waals surface area contributed by atoms with Crippen molar-refractivity contribution in [2.24, 2.45) is 5.92 Å². The Balaban J connectivity index is 2.71. The molecule has 2 nitrogen and oxygen atoms in total. The summed E-state index contributed by atoms with van der Waals surface area (Å²) in [5, 5.41) is 7.23. The van der Waals surface area contributed by atoms with Crippen LogP contribution in [0.4, 0.5) is 0 Å². The van der Waals surface area contributed by atoms with Crippen LogP contribution in [0.5, 0.6) is 0 Å². The number of rotatable bonds is 5. The first-order valence-electron chi connectivity index (χ1n) is 4.95. The minimum atomic E-state index is -0.267. The van der Waals surface area contributed by atoms with Crippen molar-refractivity contribution >= 4 is 27.9 Å². The molecule has 1 atom stereocenters. The molecule has 0 aliphatic heterocycles. The lowest BCUT2D eigenvalue weighted by Crippen LogP contribution is -2.17. The second-order valence-electron chi connectivity index (χ2n) is 3.42. The van der Waals surface area contributed by atoms with Gasteiger partial charge in [-0.2, -0.15) is 0 Å². The topological polar surface area (TPSA) is 40.9 Å². The number of hydrogen-bond donors (Lipinski definition) is 1. The van der Waals surface area contributed by atoms with Gasteiger partial charge in [-0.3, -0.25) is 4.79 Å².